The Labute approximate surface area is 193 Å². The number of benzene rings is 2. The molecule has 1 aliphatic heterocycles. The number of piperidine rings is 1. The first-order valence-electron chi connectivity index (χ1n) is 11.5. The topological polar surface area (TPSA) is 68.5 Å². The number of likely N-dealkylation sites (tertiary alicyclic amines) is 1. The van der Waals surface area contributed by atoms with Gasteiger partial charge in [0.1, 0.15) is 17.4 Å². The lowest BCUT2D eigenvalue weighted by Crippen LogP contribution is -2.41. The van der Waals surface area contributed by atoms with Crippen LogP contribution in [0.3, 0.4) is 0 Å². The molecule has 4 aromatic rings. The Hall–Kier alpha value is -3.67. The van der Waals surface area contributed by atoms with Crippen molar-refractivity contribution in [2.45, 2.75) is 38.2 Å². The van der Waals surface area contributed by atoms with Crippen molar-refractivity contribution in [2.24, 2.45) is 0 Å². The van der Waals surface area contributed by atoms with Crippen molar-refractivity contribution < 1.29 is 13.9 Å². The van der Waals surface area contributed by atoms with Crippen molar-refractivity contribution in [3.05, 3.63) is 90.1 Å². The Kier molecular flexibility index (Phi) is 6.33. The number of fused-ring (bicyclic) bond motifs is 1. The van der Waals surface area contributed by atoms with E-state index in [1.54, 1.807) is 12.4 Å². The Morgan fingerprint density at radius 1 is 1.03 bits per heavy atom. The molecule has 0 spiro atoms. The maximum absolute atomic E-state index is 13.1. The van der Waals surface area contributed by atoms with Crippen LogP contribution in [0.4, 0.5) is 0 Å². The highest BCUT2D eigenvalue weighted by molar-refractivity contribution is 5.97. The van der Waals surface area contributed by atoms with Crippen LogP contribution < -0.4 is 4.74 Å². The molecular formula is C27H27N3O3. The number of aromatic nitrogens is 2. The molecule has 33 heavy (non-hydrogen) atoms. The molecule has 1 aliphatic rings. The van der Waals surface area contributed by atoms with E-state index in [-0.39, 0.29) is 12.0 Å². The van der Waals surface area contributed by atoms with Gasteiger partial charge in [-0.2, -0.15) is 0 Å². The van der Waals surface area contributed by atoms with Crippen LogP contribution in [0.1, 0.15) is 41.1 Å². The molecule has 1 amide bonds. The van der Waals surface area contributed by atoms with Crippen molar-refractivity contribution in [3.63, 3.8) is 0 Å². The quantitative estimate of drug-likeness (QED) is 0.400. The van der Waals surface area contributed by atoms with Crippen molar-refractivity contribution in [1.29, 1.82) is 0 Å². The number of carbonyl (C=O) groups excluding carboxylic acids is 1. The number of ether oxygens (including phenoxy) is 1. The van der Waals surface area contributed by atoms with Crippen LogP contribution in [0.2, 0.25) is 0 Å². The normalized spacial score (nSPS) is 14.5. The maximum atomic E-state index is 13.1. The van der Waals surface area contributed by atoms with E-state index in [9.17, 15) is 4.79 Å². The fraction of sp³-hybridized carbons (Fsp3) is 0.296. The molecule has 0 radical (unpaired) electrons. The number of oxazole rings is 1. The first-order chi connectivity index (χ1) is 16.2. The maximum Gasteiger partial charge on any atom is 0.253 e. The van der Waals surface area contributed by atoms with Gasteiger partial charge >= 0.3 is 0 Å². The predicted molar refractivity (Wildman–Crippen MR) is 126 cm³/mol. The molecule has 0 atom stereocenters. The Bertz CT molecular complexity index is 1200. The van der Waals surface area contributed by atoms with Crippen LogP contribution in [0.25, 0.3) is 11.1 Å². The van der Waals surface area contributed by atoms with E-state index in [2.05, 4.69) is 34.2 Å². The molecule has 2 aromatic heterocycles. The van der Waals surface area contributed by atoms with E-state index in [1.165, 1.54) is 5.56 Å². The van der Waals surface area contributed by atoms with Gasteiger partial charge in [0.05, 0.1) is 6.20 Å². The summed E-state index contributed by atoms with van der Waals surface area (Å²) in [6.07, 6.45) is 7.90. The monoisotopic (exact) mass is 441 g/mol. The molecule has 6 nitrogen and oxygen atoms in total. The smallest absolute Gasteiger partial charge is 0.253 e. The number of hydrogen-bond donors (Lipinski definition) is 0. The Morgan fingerprint density at radius 3 is 2.67 bits per heavy atom. The van der Waals surface area contributed by atoms with Gasteiger partial charge in [0.2, 0.25) is 0 Å². The van der Waals surface area contributed by atoms with Gasteiger partial charge in [0.25, 0.3) is 5.91 Å². The van der Waals surface area contributed by atoms with Gasteiger partial charge in [-0.3, -0.25) is 9.78 Å². The number of carbonyl (C=O) groups is 1. The standard InChI is InChI=1S/C27H27N3O3/c31-27(30-16-13-22(14-17-30)32-23-9-5-15-28-19-23)21-11-12-25-24(18-21)29-26(33-25)10-4-8-20-6-2-1-3-7-20/h1-3,5-7,9,11-12,15,18-19,22H,4,8,10,13-14,16-17H2. The van der Waals surface area contributed by atoms with E-state index < -0.39 is 0 Å². The van der Waals surface area contributed by atoms with E-state index >= 15 is 0 Å². The fourth-order valence-electron chi connectivity index (χ4n) is 4.27. The van der Waals surface area contributed by atoms with Gasteiger partial charge < -0.3 is 14.1 Å². The van der Waals surface area contributed by atoms with E-state index in [1.807, 2.05) is 41.3 Å². The summed E-state index contributed by atoms with van der Waals surface area (Å²) in [5.41, 5.74) is 3.43. The molecular weight excluding hydrogens is 414 g/mol. The molecule has 2 aromatic carbocycles. The lowest BCUT2D eigenvalue weighted by atomic mass is 10.1. The van der Waals surface area contributed by atoms with Gasteiger partial charge in [-0.15, -0.1) is 0 Å². The van der Waals surface area contributed by atoms with Gasteiger partial charge in [0, 0.05) is 44.1 Å². The number of amides is 1. The van der Waals surface area contributed by atoms with E-state index in [0.717, 1.165) is 54.8 Å². The van der Waals surface area contributed by atoms with Crippen LogP contribution in [-0.2, 0) is 12.8 Å². The Balaban J connectivity index is 1.17. The number of aryl methyl sites for hydroxylation is 2. The third-order valence-corrected chi connectivity index (χ3v) is 6.04. The Morgan fingerprint density at radius 2 is 1.88 bits per heavy atom. The lowest BCUT2D eigenvalue weighted by Gasteiger charge is -2.32. The molecule has 3 heterocycles. The molecule has 1 fully saturated rings. The first-order valence-corrected chi connectivity index (χ1v) is 11.5. The molecule has 6 heteroatoms. The summed E-state index contributed by atoms with van der Waals surface area (Å²) in [5, 5.41) is 0. The van der Waals surface area contributed by atoms with Crippen molar-refractivity contribution in [1.82, 2.24) is 14.9 Å². The zero-order valence-electron chi connectivity index (χ0n) is 18.5. The van der Waals surface area contributed by atoms with Crippen LogP contribution >= 0.6 is 0 Å². The molecule has 168 valence electrons. The molecule has 5 rings (SSSR count). The largest absolute Gasteiger partial charge is 0.489 e. The first kappa shape index (κ1) is 21.2. The average Bonchev–Trinajstić information content (AvgIpc) is 3.27. The summed E-state index contributed by atoms with van der Waals surface area (Å²) in [6.45, 7) is 1.34. The van der Waals surface area contributed by atoms with Gasteiger partial charge in [-0.1, -0.05) is 30.3 Å². The minimum Gasteiger partial charge on any atom is -0.489 e. The second-order valence-electron chi connectivity index (χ2n) is 8.43. The number of rotatable bonds is 7. The molecule has 0 bridgehead atoms. The van der Waals surface area contributed by atoms with Crippen LogP contribution in [-0.4, -0.2) is 40.0 Å². The van der Waals surface area contributed by atoms with Crippen LogP contribution in [0.5, 0.6) is 5.75 Å². The summed E-state index contributed by atoms with van der Waals surface area (Å²) in [7, 11) is 0. The fourth-order valence-corrected chi connectivity index (χ4v) is 4.27. The highest BCUT2D eigenvalue weighted by atomic mass is 16.5. The third-order valence-electron chi connectivity index (χ3n) is 6.04. The number of pyridine rings is 1. The van der Waals surface area contributed by atoms with E-state index in [4.69, 9.17) is 9.15 Å². The van der Waals surface area contributed by atoms with Gasteiger partial charge in [0.15, 0.2) is 11.5 Å². The molecule has 0 N–H and O–H groups in total. The van der Waals surface area contributed by atoms with Crippen molar-refractivity contribution >= 4 is 17.0 Å². The highest BCUT2D eigenvalue weighted by Gasteiger charge is 2.25. The summed E-state index contributed by atoms with van der Waals surface area (Å²) >= 11 is 0. The second-order valence-corrected chi connectivity index (χ2v) is 8.43. The predicted octanol–water partition coefficient (Wildman–Crippen LogP) is 5.08. The summed E-state index contributed by atoms with van der Waals surface area (Å²) in [5.74, 6) is 1.53. The van der Waals surface area contributed by atoms with E-state index in [0.29, 0.717) is 18.7 Å². The van der Waals surface area contributed by atoms with Crippen molar-refractivity contribution in [2.75, 3.05) is 13.1 Å². The second kappa shape index (κ2) is 9.86. The van der Waals surface area contributed by atoms with Crippen molar-refractivity contribution in [3.8, 4) is 5.75 Å². The zero-order valence-corrected chi connectivity index (χ0v) is 18.5. The summed E-state index contributed by atoms with van der Waals surface area (Å²) in [6, 6.07) is 19.7. The molecule has 0 unspecified atom stereocenters. The van der Waals surface area contributed by atoms with Crippen LogP contribution in [0.15, 0.2) is 77.5 Å². The minimum atomic E-state index is 0.0327. The third kappa shape index (κ3) is 5.22. The highest BCUT2D eigenvalue weighted by Crippen LogP contribution is 2.22. The van der Waals surface area contributed by atoms with Gasteiger partial charge in [-0.25, -0.2) is 4.98 Å². The zero-order chi connectivity index (χ0) is 22.5. The molecule has 0 aliphatic carbocycles. The average molecular weight is 442 g/mol. The number of nitrogens with zero attached hydrogens (tertiary/aromatic N) is 3. The van der Waals surface area contributed by atoms with Crippen LogP contribution in [0, 0.1) is 0 Å². The minimum absolute atomic E-state index is 0.0327. The lowest BCUT2D eigenvalue weighted by molar-refractivity contribution is 0.0595. The number of hydrogen-bond acceptors (Lipinski definition) is 5. The molecule has 1 saturated heterocycles. The van der Waals surface area contributed by atoms with Gasteiger partial charge in [-0.05, 0) is 48.7 Å². The summed E-state index contributed by atoms with van der Waals surface area (Å²) in [4.78, 5) is 23.7. The SMILES string of the molecule is O=C(c1ccc2oc(CCCc3ccccc3)nc2c1)N1CCC(Oc2cccnc2)CC1. The molecule has 0 saturated carbocycles. The summed E-state index contributed by atoms with van der Waals surface area (Å²) < 4.78 is 11.9.